The lowest BCUT2D eigenvalue weighted by Crippen LogP contribution is -2.49. The van der Waals surface area contributed by atoms with Gasteiger partial charge >= 0.3 is 12.1 Å². The van der Waals surface area contributed by atoms with Crippen molar-refractivity contribution in [2.45, 2.75) is 50.7 Å². The van der Waals surface area contributed by atoms with Gasteiger partial charge in [-0.2, -0.15) is 13.2 Å². The number of nitrogens with one attached hydrogen (secondary N) is 1. The van der Waals surface area contributed by atoms with Gasteiger partial charge in [0.2, 0.25) is 5.91 Å². The van der Waals surface area contributed by atoms with Gasteiger partial charge in [-0.1, -0.05) is 31.0 Å². The molecular weight excluding hydrogens is 323 g/mol. The number of halogens is 3. The third-order valence-corrected chi connectivity index (χ3v) is 4.41. The van der Waals surface area contributed by atoms with E-state index < -0.39 is 30.0 Å². The SMILES string of the molecule is O=C(CCc1ccccc1C(=O)O)NC(C1CCCC1)C(F)(F)F. The highest BCUT2D eigenvalue weighted by atomic mass is 19.4. The summed E-state index contributed by atoms with van der Waals surface area (Å²) in [5.74, 6) is -2.39. The molecule has 0 spiro atoms. The van der Waals surface area contributed by atoms with E-state index in [1.54, 1.807) is 18.2 Å². The van der Waals surface area contributed by atoms with Crippen LogP contribution >= 0.6 is 0 Å². The first kappa shape index (κ1) is 18.3. The zero-order valence-corrected chi connectivity index (χ0v) is 13.1. The van der Waals surface area contributed by atoms with Crippen LogP contribution in [-0.4, -0.2) is 29.2 Å². The molecule has 2 rings (SSSR count). The van der Waals surface area contributed by atoms with Gasteiger partial charge < -0.3 is 10.4 Å². The van der Waals surface area contributed by atoms with E-state index in [-0.39, 0.29) is 18.4 Å². The van der Waals surface area contributed by atoms with Gasteiger partial charge in [0, 0.05) is 6.42 Å². The maximum atomic E-state index is 13.2. The van der Waals surface area contributed by atoms with Crippen molar-refractivity contribution in [1.82, 2.24) is 5.32 Å². The fourth-order valence-corrected chi connectivity index (χ4v) is 3.20. The number of amides is 1. The molecule has 0 heterocycles. The molecule has 1 saturated carbocycles. The van der Waals surface area contributed by atoms with Crippen LogP contribution in [0.2, 0.25) is 0 Å². The van der Waals surface area contributed by atoms with E-state index in [0.29, 0.717) is 18.4 Å². The Hall–Kier alpha value is -2.05. The fourth-order valence-electron chi connectivity index (χ4n) is 3.20. The molecule has 4 nitrogen and oxygen atoms in total. The highest BCUT2D eigenvalue weighted by Gasteiger charge is 2.46. The van der Waals surface area contributed by atoms with E-state index in [4.69, 9.17) is 5.11 Å². The Kier molecular flexibility index (Phi) is 5.85. The monoisotopic (exact) mass is 343 g/mol. The van der Waals surface area contributed by atoms with Gasteiger partial charge in [0.1, 0.15) is 6.04 Å². The van der Waals surface area contributed by atoms with Gasteiger partial charge in [0.15, 0.2) is 0 Å². The molecule has 0 aromatic heterocycles. The van der Waals surface area contributed by atoms with Crippen LogP contribution in [0.25, 0.3) is 0 Å². The lowest BCUT2D eigenvalue weighted by molar-refractivity contribution is -0.171. The molecule has 1 aromatic carbocycles. The number of rotatable bonds is 6. The van der Waals surface area contributed by atoms with Gasteiger partial charge in [0.25, 0.3) is 0 Å². The van der Waals surface area contributed by atoms with Crippen LogP contribution in [0.3, 0.4) is 0 Å². The number of alkyl halides is 3. The van der Waals surface area contributed by atoms with Crippen molar-refractivity contribution < 1.29 is 27.9 Å². The van der Waals surface area contributed by atoms with Crippen LogP contribution in [-0.2, 0) is 11.2 Å². The lowest BCUT2D eigenvalue weighted by atomic mass is 9.97. The van der Waals surface area contributed by atoms with E-state index in [0.717, 1.165) is 12.8 Å². The van der Waals surface area contributed by atoms with Crippen molar-refractivity contribution in [3.8, 4) is 0 Å². The second kappa shape index (κ2) is 7.68. The van der Waals surface area contributed by atoms with E-state index in [1.165, 1.54) is 6.07 Å². The minimum Gasteiger partial charge on any atom is -0.478 e. The first-order valence-corrected chi connectivity index (χ1v) is 7.96. The number of carboxylic acid groups (broad SMARTS) is 1. The summed E-state index contributed by atoms with van der Waals surface area (Å²) in [4.78, 5) is 23.1. The number of hydrogen-bond acceptors (Lipinski definition) is 2. The quantitative estimate of drug-likeness (QED) is 0.830. The summed E-state index contributed by atoms with van der Waals surface area (Å²) in [5.41, 5.74) is 0.498. The Morgan fingerprint density at radius 1 is 1.21 bits per heavy atom. The highest BCUT2D eigenvalue weighted by Crippen LogP contribution is 2.35. The van der Waals surface area contributed by atoms with Gasteiger partial charge in [-0.25, -0.2) is 4.79 Å². The fraction of sp³-hybridized carbons (Fsp3) is 0.529. The summed E-state index contributed by atoms with van der Waals surface area (Å²) in [5, 5.41) is 11.2. The summed E-state index contributed by atoms with van der Waals surface area (Å²) in [6.07, 6.45) is -2.13. The molecule has 1 aromatic rings. The molecule has 1 unspecified atom stereocenters. The highest BCUT2D eigenvalue weighted by molar-refractivity contribution is 5.89. The summed E-state index contributed by atoms with van der Waals surface area (Å²) < 4.78 is 39.5. The van der Waals surface area contributed by atoms with Crippen molar-refractivity contribution in [2.24, 2.45) is 5.92 Å². The predicted molar refractivity (Wildman–Crippen MR) is 81.7 cm³/mol. The molecule has 1 fully saturated rings. The average molecular weight is 343 g/mol. The number of aryl methyl sites for hydroxylation is 1. The Bertz CT molecular complexity index is 595. The number of aromatic carboxylic acids is 1. The molecule has 0 bridgehead atoms. The zero-order valence-electron chi connectivity index (χ0n) is 13.1. The molecule has 0 radical (unpaired) electrons. The van der Waals surface area contributed by atoms with Crippen molar-refractivity contribution in [1.29, 1.82) is 0 Å². The first-order chi connectivity index (χ1) is 11.3. The van der Waals surface area contributed by atoms with Crippen LogP contribution in [0.1, 0.15) is 48.0 Å². The Morgan fingerprint density at radius 2 is 1.83 bits per heavy atom. The molecule has 7 heteroatoms. The lowest BCUT2D eigenvalue weighted by Gasteiger charge is -2.27. The number of benzene rings is 1. The topological polar surface area (TPSA) is 66.4 Å². The summed E-state index contributed by atoms with van der Waals surface area (Å²) >= 11 is 0. The predicted octanol–water partition coefficient (Wildman–Crippen LogP) is 3.55. The third kappa shape index (κ3) is 4.72. The standard InChI is InChI=1S/C17H20F3NO3/c18-17(19,20)15(12-6-1-2-7-12)21-14(22)10-9-11-5-3-4-8-13(11)16(23)24/h3-5,8,12,15H,1-2,6-7,9-10H2,(H,21,22)(H,23,24). The van der Waals surface area contributed by atoms with Crippen LogP contribution in [0.5, 0.6) is 0 Å². The molecule has 132 valence electrons. The Balaban J connectivity index is 1.98. The number of carboxylic acids is 1. The van der Waals surface area contributed by atoms with Gasteiger partial charge in [0.05, 0.1) is 5.56 Å². The van der Waals surface area contributed by atoms with Crippen molar-refractivity contribution in [2.75, 3.05) is 0 Å². The van der Waals surface area contributed by atoms with Crippen LogP contribution in [0.4, 0.5) is 13.2 Å². The second-order valence-corrected chi connectivity index (χ2v) is 6.09. The maximum absolute atomic E-state index is 13.2. The number of carbonyl (C=O) groups excluding carboxylic acids is 1. The minimum atomic E-state index is -4.47. The smallest absolute Gasteiger partial charge is 0.408 e. The Morgan fingerprint density at radius 3 is 2.42 bits per heavy atom. The summed E-state index contributed by atoms with van der Waals surface area (Å²) in [6, 6.07) is 4.35. The van der Waals surface area contributed by atoms with Crippen LogP contribution < -0.4 is 5.32 Å². The molecule has 1 aliphatic carbocycles. The minimum absolute atomic E-state index is 0.0634. The van der Waals surface area contributed by atoms with Crippen LogP contribution in [0, 0.1) is 5.92 Å². The van der Waals surface area contributed by atoms with Crippen LogP contribution in [0.15, 0.2) is 24.3 Å². The number of carbonyl (C=O) groups is 2. The van der Waals surface area contributed by atoms with Gasteiger partial charge in [-0.15, -0.1) is 0 Å². The molecular formula is C17H20F3NO3. The van der Waals surface area contributed by atoms with Gasteiger partial charge in [-0.05, 0) is 36.8 Å². The van der Waals surface area contributed by atoms with E-state index >= 15 is 0 Å². The molecule has 1 atom stereocenters. The van der Waals surface area contributed by atoms with E-state index in [9.17, 15) is 22.8 Å². The molecule has 0 saturated heterocycles. The average Bonchev–Trinajstić information content (AvgIpc) is 3.03. The second-order valence-electron chi connectivity index (χ2n) is 6.09. The van der Waals surface area contributed by atoms with E-state index in [2.05, 4.69) is 5.32 Å². The normalized spacial score (nSPS) is 16.8. The Labute approximate surface area is 138 Å². The van der Waals surface area contributed by atoms with Crippen molar-refractivity contribution in [3.05, 3.63) is 35.4 Å². The molecule has 2 N–H and O–H groups in total. The van der Waals surface area contributed by atoms with Gasteiger partial charge in [-0.3, -0.25) is 4.79 Å². The number of hydrogen-bond donors (Lipinski definition) is 2. The third-order valence-electron chi connectivity index (χ3n) is 4.41. The van der Waals surface area contributed by atoms with Crippen molar-refractivity contribution in [3.63, 3.8) is 0 Å². The molecule has 0 aliphatic heterocycles. The molecule has 24 heavy (non-hydrogen) atoms. The maximum Gasteiger partial charge on any atom is 0.408 e. The molecule has 1 amide bonds. The summed E-state index contributed by atoms with van der Waals surface area (Å²) in [7, 11) is 0. The van der Waals surface area contributed by atoms with Crippen molar-refractivity contribution >= 4 is 11.9 Å². The summed E-state index contributed by atoms with van der Waals surface area (Å²) in [6.45, 7) is 0. The first-order valence-electron chi connectivity index (χ1n) is 7.96. The van der Waals surface area contributed by atoms with E-state index in [1.807, 2.05) is 0 Å². The zero-order chi connectivity index (χ0) is 17.7. The largest absolute Gasteiger partial charge is 0.478 e. The molecule has 1 aliphatic rings.